The zero-order valence-corrected chi connectivity index (χ0v) is 17.0. The van der Waals surface area contributed by atoms with Crippen LogP contribution in [-0.4, -0.2) is 48.9 Å². The van der Waals surface area contributed by atoms with Gasteiger partial charge in [-0.25, -0.2) is 0 Å². The van der Waals surface area contributed by atoms with E-state index >= 15 is 0 Å². The summed E-state index contributed by atoms with van der Waals surface area (Å²) in [5, 5.41) is 3.19. The molecule has 1 aromatic rings. The number of carbonyl (C=O) groups is 2. The zero-order chi connectivity index (χ0) is 18.5. The van der Waals surface area contributed by atoms with Crippen molar-refractivity contribution in [2.45, 2.75) is 45.1 Å². The predicted octanol–water partition coefficient (Wildman–Crippen LogP) is 3.18. The monoisotopic (exact) mass is 421 g/mol. The molecule has 26 heavy (non-hydrogen) atoms. The van der Waals surface area contributed by atoms with Gasteiger partial charge in [0.15, 0.2) is 0 Å². The molecule has 0 aromatic heterocycles. The fourth-order valence-electron chi connectivity index (χ4n) is 3.78. The van der Waals surface area contributed by atoms with E-state index in [1.165, 1.54) is 12.8 Å². The van der Waals surface area contributed by atoms with Crippen LogP contribution in [0.4, 0.5) is 5.69 Å². The molecule has 2 amide bonds. The van der Waals surface area contributed by atoms with Crippen molar-refractivity contribution >= 4 is 33.4 Å². The Morgan fingerprint density at radius 2 is 2.08 bits per heavy atom. The molecule has 5 nitrogen and oxygen atoms in total. The van der Waals surface area contributed by atoms with Crippen LogP contribution in [0.25, 0.3) is 0 Å². The van der Waals surface area contributed by atoms with E-state index in [4.69, 9.17) is 0 Å². The van der Waals surface area contributed by atoms with Crippen molar-refractivity contribution in [1.82, 2.24) is 10.2 Å². The van der Waals surface area contributed by atoms with Gasteiger partial charge in [-0.1, -0.05) is 35.3 Å². The Kier molecular flexibility index (Phi) is 6.70. The molecule has 0 spiro atoms. The number of unbranched alkanes of at least 4 members (excludes halogenated alkanes) is 1. The minimum Gasteiger partial charge on any atom is -0.353 e. The van der Waals surface area contributed by atoms with Gasteiger partial charge in [0.1, 0.15) is 0 Å². The number of carbonyl (C=O) groups excluding carboxylic acids is 2. The molecule has 2 saturated heterocycles. The molecular formula is C20H28BrN3O2. The summed E-state index contributed by atoms with van der Waals surface area (Å²) in [6.07, 6.45) is 4.78. The van der Waals surface area contributed by atoms with Gasteiger partial charge in [-0.2, -0.15) is 0 Å². The first kappa shape index (κ1) is 19.4. The summed E-state index contributed by atoms with van der Waals surface area (Å²) in [7, 11) is 0. The molecule has 1 unspecified atom stereocenters. The smallest absolute Gasteiger partial charge is 0.227 e. The Morgan fingerprint density at radius 1 is 1.31 bits per heavy atom. The molecule has 1 aromatic carbocycles. The van der Waals surface area contributed by atoms with Crippen LogP contribution in [0.3, 0.4) is 0 Å². The Labute approximate surface area is 164 Å². The first-order valence-electron chi connectivity index (χ1n) is 9.65. The number of likely N-dealkylation sites (tertiary alicyclic amines) is 1. The number of piperidine rings is 1. The van der Waals surface area contributed by atoms with Crippen molar-refractivity contribution in [2.24, 2.45) is 5.92 Å². The van der Waals surface area contributed by atoms with Crippen LogP contribution in [0.5, 0.6) is 0 Å². The lowest BCUT2D eigenvalue weighted by atomic mass is 10.0. The average molecular weight is 422 g/mol. The summed E-state index contributed by atoms with van der Waals surface area (Å²) in [6.45, 7) is 5.96. The van der Waals surface area contributed by atoms with Crippen molar-refractivity contribution in [2.75, 3.05) is 31.1 Å². The lowest BCUT2D eigenvalue weighted by Gasteiger charge is -2.32. The van der Waals surface area contributed by atoms with Crippen LogP contribution in [0.1, 0.15) is 39.0 Å². The summed E-state index contributed by atoms with van der Waals surface area (Å²) in [5.41, 5.74) is 0.851. The summed E-state index contributed by atoms with van der Waals surface area (Å²) in [6, 6.07) is 7.92. The minimum absolute atomic E-state index is 0.0256. The third kappa shape index (κ3) is 4.86. The predicted molar refractivity (Wildman–Crippen MR) is 107 cm³/mol. The highest BCUT2D eigenvalue weighted by Crippen LogP contribution is 2.27. The fourth-order valence-corrected chi connectivity index (χ4v) is 4.17. The van der Waals surface area contributed by atoms with Gasteiger partial charge in [0.2, 0.25) is 11.8 Å². The van der Waals surface area contributed by atoms with Crippen LogP contribution in [0.15, 0.2) is 28.7 Å². The molecule has 2 aliphatic heterocycles. The van der Waals surface area contributed by atoms with Crippen LogP contribution < -0.4 is 10.2 Å². The molecule has 2 fully saturated rings. The Bertz CT molecular complexity index is 644. The van der Waals surface area contributed by atoms with Crippen molar-refractivity contribution in [3.05, 3.63) is 28.7 Å². The van der Waals surface area contributed by atoms with E-state index in [-0.39, 0.29) is 23.8 Å². The van der Waals surface area contributed by atoms with Gasteiger partial charge in [-0.15, -0.1) is 0 Å². The third-order valence-electron chi connectivity index (χ3n) is 5.38. The number of benzene rings is 1. The third-order valence-corrected chi connectivity index (χ3v) is 5.87. The van der Waals surface area contributed by atoms with Crippen LogP contribution >= 0.6 is 15.9 Å². The van der Waals surface area contributed by atoms with Crippen LogP contribution in [0, 0.1) is 5.92 Å². The Balaban J connectivity index is 1.49. The largest absolute Gasteiger partial charge is 0.353 e. The van der Waals surface area contributed by atoms with E-state index in [1.54, 1.807) is 4.90 Å². The number of amides is 2. The van der Waals surface area contributed by atoms with Gasteiger partial charge < -0.3 is 15.1 Å². The number of hydrogen-bond acceptors (Lipinski definition) is 3. The van der Waals surface area contributed by atoms with E-state index in [1.807, 2.05) is 24.3 Å². The second-order valence-corrected chi connectivity index (χ2v) is 8.28. The molecule has 3 rings (SSSR count). The highest BCUT2D eigenvalue weighted by atomic mass is 79.9. The number of hydrogen-bond donors (Lipinski definition) is 1. The number of rotatable bonds is 6. The average Bonchev–Trinajstić information content (AvgIpc) is 3.03. The standard InChI is InChI=1S/C20H28BrN3O2/c1-2-3-9-23-10-7-17(8-11-23)22-20(26)15-12-19(25)24(14-15)18-6-4-5-16(21)13-18/h4-6,13,15,17H,2-3,7-12,14H2,1H3,(H,22,26). The fraction of sp³-hybridized carbons (Fsp3) is 0.600. The molecule has 1 N–H and O–H groups in total. The molecule has 0 aliphatic carbocycles. The number of halogens is 1. The van der Waals surface area contributed by atoms with Gasteiger partial charge in [-0.3, -0.25) is 9.59 Å². The van der Waals surface area contributed by atoms with Crippen molar-refractivity contribution in [3.8, 4) is 0 Å². The molecule has 1 atom stereocenters. The minimum atomic E-state index is -0.250. The molecule has 0 saturated carbocycles. The second kappa shape index (κ2) is 9.00. The number of anilines is 1. The Morgan fingerprint density at radius 3 is 2.77 bits per heavy atom. The molecule has 6 heteroatoms. The lowest BCUT2D eigenvalue weighted by Crippen LogP contribution is -2.46. The summed E-state index contributed by atoms with van der Waals surface area (Å²) in [5.74, 6) is -0.194. The summed E-state index contributed by atoms with van der Waals surface area (Å²) in [4.78, 5) is 29.2. The molecule has 142 valence electrons. The van der Waals surface area contributed by atoms with E-state index in [0.717, 1.165) is 42.6 Å². The van der Waals surface area contributed by atoms with Gasteiger partial charge >= 0.3 is 0 Å². The van der Waals surface area contributed by atoms with Crippen molar-refractivity contribution in [1.29, 1.82) is 0 Å². The summed E-state index contributed by atoms with van der Waals surface area (Å²) < 4.78 is 0.936. The maximum absolute atomic E-state index is 12.6. The van der Waals surface area contributed by atoms with Crippen LogP contribution in [0.2, 0.25) is 0 Å². The normalized spacial score (nSPS) is 22.0. The van der Waals surface area contributed by atoms with Crippen LogP contribution in [-0.2, 0) is 9.59 Å². The molecule has 0 bridgehead atoms. The van der Waals surface area contributed by atoms with Crippen molar-refractivity contribution in [3.63, 3.8) is 0 Å². The van der Waals surface area contributed by atoms with Gasteiger partial charge in [0.25, 0.3) is 0 Å². The summed E-state index contributed by atoms with van der Waals surface area (Å²) >= 11 is 3.44. The lowest BCUT2D eigenvalue weighted by molar-refractivity contribution is -0.127. The number of nitrogens with one attached hydrogen (secondary N) is 1. The first-order valence-corrected chi connectivity index (χ1v) is 10.4. The van der Waals surface area contributed by atoms with E-state index in [2.05, 4.69) is 33.1 Å². The van der Waals surface area contributed by atoms with Gasteiger partial charge in [0.05, 0.1) is 5.92 Å². The highest BCUT2D eigenvalue weighted by Gasteiger charge is 2.36. The quantitative estimate of drug-likeness (QED) is 0.766. The molecule has 0 radical (unpaired) electrons. The molecule has 2 aliphatic rings. The maximum Gasteiger partial charge on any atom is 0.227 e. The van der Waals surface area contributed by atoms with E-state index in [0.29, 0.717) is 13.0 Å². The van der Waals surface area contributed by atoms with Gasteiger partial charge in [0, 0.05) is 42.3 Å². The zero-order valence-electron chi connectivity index (χ0n) is 15.4. The maximum atomic E-state index is 12.6. The topological polar surface area (TPSA) is 52.7 Å². The first-order chi connectivity index (χ1) is 12.6. The Hall–Kier alpha value is -1.40. The number of nitrogens with zero attached hydrogens (tertiary/aromatic N) is 2. The molecular weight excluding hydrogens is 394 g/mol. The highest BCUT2D eigenvalue weighted by molar-refractivity contribution is 9.10. The molecule has 2 heterocycles. The SMILES string of the molecule is CCCCN1CCC(NC(=O)C2CC(=O)N(c3cccc(Br)c3)C2)CC1. The van der Waals surface area contributed by atoms with E-state index in [9.17, 15) is 9.59 Å². The van der Waals surface area contributed by atoms with Crippen molar-refractivity contribution < 1.29 is 9.59 Å². The second-order valence-electron chi connectivity index (χ2n) is 7.36. The van der Waals surface area contributed by atoms with Gasteiger partial charge in [-0.05, 0) is 44.0 Å². The van der Waals surface area contributed by atoms with E-state index < -0.39 is 0 Å².